The summed E-state index contributed by atoms with van der Waals surface area (Å²) < 4.78 is 37.7. The van der Waals surface area contributed by atoms with Gasteiger partial charge in [-0.15, -0.1) is 5.46 Å². The molecular weight excluding hydrogens is 333 g/mol. The average Bonchev–Trinajstić information content (AvgIpc) is 2.73. The van der Waals surface area contributed by atoms with Crippen molar-refractivity contribution in [2.75, 3.05) is 0 Å². The molecule has 1 aliphatic heterocycles. The second-order valence-corrected chi connectivity index (χ2v) is 5.06. The molecular formula is C15H10BF3KNO2. The van der Waals surface area contributed by atoms with E-state index in [9.17, 15) is 22.5 Å². The number of rotatable bonds is 3. The van der Waals surface area contributed by atoms with E-state index in [1.54, 1.807) is 24.3 Å². The SMILES string of the molecule is O=C1c2ccccc2C(=O)N1Cc1ccc([B-](F)(F)F)cc1.[K+]. The van der Waals surface area contributed by atoms with Crippen LogP contribution < -0.4 is 56.8 Å². The Balaban J connectivity index is 0.00000192. The number of halogens is 3. The molecule has 3 rings (SSSR count). The summed E-state index contributed by atoms with van der Waals surface area (Å²) >= 11 is 0. The first-order valence-electron chi connectivity index (χ1n) is 6.62. The summed E-state index contributed by atoms with van der Waals surface area (Å²) in [4.78, 5) is 25.4. The number of amides is 2. The van der Waals surface area contributed by atoms with Crippen LogP contribution in [0.4, 0.5) is 12.9 Å². The molecule has 0 unspecified atom stereocenters. The summed E-state index contributed by atoms with van der Waals surface area (Å²) in [5, 5.41) is 0. The van der Waals surface area contributed by atoms with E-state index in [1.807, 2.05) is 0 Å². The third kappa shape index (κ3) is 3.61. The fraction of sp³-hybridized carbons (Fsp3) is 0.0667. The second kappa shape index (κ2) is 6.90. The Morgan fingerprint density at radius 3 is 1.74 bits per heavy atom. The number of hydrogen-bond donors (Lipinski definition) is 0. The van der Waals surface area contributed by atoms with Gasteiger partial charge in [0.2, 0.25) is 0 Å². The molecule has 0 spiro atoms. The number of hydrogen-bond acceptors (Lipinski definition) is 2. The van der Waals surface area contributed by atoms with Gasteiger partial charge in [-0.05, 0) is 17.7 Å². The molecule has 23 heavy (non-hydrogen) atoms. The topological polar surface area (TPSA) is 37.4 Å². The first kappa shape index (κ1) is 18.4. The number of carbonyl (C=O) groups is 2. The van der Waals surface area contributed by atoms with Crippen molar-refractivity contribution < 1.29 is 73.9 Å². The predicted octanol–water partition coefficient (Wildman–Crippen LogP) is -0.459. The van der Waals surface area contributed by atoms with Gasteiger partial charge in [0.25, 0.3) is 11.8 Å². The van der Waals surface area contributed by atoms with Crippen LogP contribution in [0.5, 0.6) is 0 Å². The second-order valence-electron chi connectivity index (χ2n) is 5.06. The van der Waals surface area contributed by atoms with E-state index >= 15 is 0 Å². The molecule has 1 aliphatic rings. The fourth-order valence-electron chi connectivity index (χ4n) is 2.41. The molecule has 2 aromatic carbocycles. The Hall–Kier alpha value is -0.929. The van der Waals surface area contributed by atoms with Gasteiger partial charge in [-0.25, -0.2) is 0 Å². The molecule has 0 aliphatic carbocycles. The molecule has 2 aromatic rings. The van der Waals surface area contributed by atoms with E-state index in [-0.39, 0.29) is 57.9 Å². The summed E-state index contributed by atoms with van der Waals surface area (Å²) in [5.41, 5.74) is 0.412. The largest absolute Gasteiger partial charge is 1.00 e. The summed E-state index contributed by atoms with van der Waals surface area (Å²) in [6.45, 7) is -5.09. The summed E-state index contributed by atoms with van der Waals surface area (Å²) in [7, 11) is 0. The van der Waals surface area contributed by atoms with Crippen LogP contribution in [0.1, 0.15) is 26.3 Å². The number of imide groups is 1. The van der Waals surface area contributed by atoms with Gasteiger partial charge in [-0.1, -0.05) is 36.4 Å². The molecule has 0 radical (unpaired) electrons. The first-order chi connectivity index (χ1) is 10.4. The van der Waals surface area contributed by atoms with Crippen molar-refractivity contribution in [3.8, 4) is 0 Å². The van der Waals surface area contributed by atoms with E-state index in [4.69, 9.17) is 0 Å². The Kier molecular flexibility index (Phi) is 5.52. The van der Waals surface area contributed by atoms with Crippen LogP contribution >= 0.6 is 0 Å². The van der Waals surface area contributed by atoms with Crippen LogP contribution in [0.3, 0.4) is 0 Å². The van der Waals surface area contributed by atoms with E-state index in [1.165, 1.54) is 12.1 Å². The molecule has 0 saturated carbocycles. The van der Waals surface area contributed by atoms with Gasteiger partial charge in [0.05, 0.1) is 17.7 Å². The predicted molar refractivity (Wildman–Crippen MR) is 75.8 cm³/mol. The van der Waals surface area contributed by atoms with Crippen LogP contribution in [0.2, 0.25) is 0 Å². The Morgan fingerprint density at radius 2 is 1.30 bits per heavy atom. The molecule has 1 heterocycles. The van der Waals surface area contributed by atoms with E-state index in [2.05, 4.69) is 0 Å². The van der Waals surface area contributed by atoms with Gasteiger partial charge in [0.1, 0.15) is 0 Å². The normalized spacial score (nSPS) is 13.8. The average molecular weight is 343 g/mol. The van der Waals surface area contributed by atoms with Crippen molar-refractivity contribution in [1.82, 2.24) is 4.90 Å². The first-order valence-corrected chi connectivity index (χ1v) is 6.62. The Labute approximate surface area is 173 Å². The quantitative estimate of drug-likeness (QED) is 0.559. The van der Waals surface area contributed by atoms with Gasteiger partial charge in [0, 0.05) is 0 Å². The van der Waals surface area contributed by atoms with Crippen LogP contribution in [0.15, 0.2) is 48.5 Å². The minimum Gasteiger partial charge on any atom is -0.445 e. The minimum absolute atomic E-state index is 0. The van der Waals surface area contributed by atoms with E-state index < -0.39 is 24.3 Å². The zero-order valence-corrected chi connectivity index (χ0v) is 15.4. The van der Waals surface area contributed by atoms with Gasteiger partial charge in [0.15, 0.2) is 0 Å². The van der Waals surface area contributed by atoms with Crippen molar-refractivity contribution in [3.63, 3.8) is 0 Å². The maximum atomic E-state index is 12.6. The Morgan fingerprint density at radius 1 is 0.826 bits per heavy atom. The molecule has 112 valence electrons. The maximum absolute atomic E-state index is 12.6. The number of benzene rings is 2. The van der Waals surface area contributed by atoms with Gasteiger partial charge in [-0.3, -0.25) is 14.5 Å². The molecule has 0 bridgehead atoms. The zero-order valence-electron chi connectivity index (χ0n) is 12.3. The van der Waals surface area contributed by atoms with Crippen LogP contribution in [-0.2, 0) is 6.54 Å². The molecule has 3 nitrogen and oxygen atoms in total. The third-order valence-electron chi connectivity index (χ3n) is 3.58. The maximum Gasteiger partial charge on any atom is 1.00 e. The molecule has 0 fully saturated rings. The van der Waals surface area contributed by atoms with Crippen LogP contribution in [0.25, 0.3) is 0 Å². The standard InChI is InChI=1S/C15H10BF3NO2.K/c17-16(18,19)11-7-5-10(6-8-11)9-20-14(21)12-3-1-2-4-13(12)15(20)22;/h1-8H,9H2;/q-1;+1. The van der Waals surface area contributed by atoms with Crippen LogP contribution in [0, 0.1) is 0 Å². The Bertz CT molecular complexity index is 727. The van der Waals surface area contributed by atoms with Crippen LogP contribution in [-0.4, -0.2) is 23.7 Å². The molecule has 0 saturated heterocycles. The van der Waals surface area contributed by atoms with Gasteiger partial charge >= 0.3 is 58.4 Å². The molecule has 8 heteroatoms. The smallest absolute Gasteiger partial charge is 0.445 e. The number of carbonyl (C=O) groups excluding carboxylic acids is 2. The third-order valence-corrected chi connectivity index (χ3v) is 3.58. The monoisotopic (exact) mass is 343 g/mol. The van der Waals surface area contributed by atoms with Crippen molar-refractivity contribution in [3.05, 3.63) is 65.2 Å². The van der Waals surface area contributed by atoms with Crippen molar-refractivity contribution >= 4 is 24.3 Å². The van der Waals surface area contributed by atoms with E-state index in [0.717, 1.165) is 17.0 Å². The van der Waals surface area contributed by atoms with Crippen molar-refractivity contribution in [1.29, 1.82) is 0 Å². The number of nitrogens with zero attached hydrogens (tertiary/aromatic N) is 1. The molecule has 0 aromatic heterocycles. The van der Waals surface area contributed by atoms with E-state index in [0.29, 0.717) is 16.7 Å². The van der Waals surface area contributed by atoms with Crippen molar-refractivity contribution in [2.45, 2.75) is 6.54 Å². The number of fused-ring (bicyclic) bond motifs is 1. The summed E-state index contributed by atoms with van der Waals surface area (Å²) in [5.74, 6) is -0.852. The summed E-state index contributed by atoms with van der Waals surface area (Å²) in [6, 6.07) is 10.9. The van der Waals surface area contributed by atoms with Gasteiger partial charge < -0.3 is 12.9 Å². The minimum atomic E-state index is -5.05. The summed E-state index contributed by atoms with van der Waals surface area (Å²) in [6.07, 6.45) is 0. The van der Waals surface area contributed by atoms with Gasteiger partial charge in [-0.2, -0.15) is 0 Å². The molecule has 2 amide bonds. The molecule has 0 atom stereocenters. The van der Waals surface area contributed by atoms with Crippen molar-refractivity contribution in [2.24, 2.45) is 0 Å². The fourth-order valence-corrected chi connectivity index (χ4v) is 2.41. The molecule has 0 N–H and O–H groups in total. The zero-order chi connectivity index (χ0) is 15.9.